The van der Waals surface area contributed by atoms with Gasteiger partial charge in [-0.3, -0.25) is 20.1 Å². The number of primary amides is 1. The van der Waals surface area contributed by atoms with Crippen LogP contribution in [0.2, 0.25) is 0 Å². The van der Waals surface area contributed by atoms with E-state index in [1.807, 2.05) is 54.8 Å². The third-order valence-electron chi connectivity index (χ3n) is 4.54. The average Bonchev–Trinajstić information content (AvgIpc) is 2.72. The van der Waals surface area contributed by atoms with E-state index in [0.717, 1.165) is 21.6 Å². The topological polar surface area (TPSA) is 80.9 Å². The van der Waals surface area contributed by atoms with E-state index in [1.54, 1.807) is 36.5 Å². The molecular formula is C21H22N4OS. The van der Waals surface area contributed by atoms with Gasteiger partial charge in [0, 0.05) is 42.6 Å². The molecule has 0 fully saturated rings. The van der Waals surface area contributed by atoms with Crippen LogP contribution >= 0.6 is 11.8 Å². The standard InChI is InChI=1S/C21H22N4OS/c1-27-19-6-4-18(5-7-19)21(20(22)26,13-16-8-11-23-12-9-16)25-15-17-3-2-10-24-14-17/h2-12,14,25H,13,15H2,1H3,(H2,22,26). The van der Waals surface area contributed by atoms with Crippen molar-refractivity contribution in [1.82, 2.24) is 15.3 Å². The van der Waals surface area contributed by atoms with Crippen LogP contribution in [0, 0.1) is 0 Å². The van der Waals surface area contributed by atoms with Gasteiger partial charge in [-0.25, -0.2) is 0 Å². The molecule has 0 bridgehead atoms. The number of nitrogens with zero attached hydrogens (tertiary/aromatic N) is 2. The van der Waals surface area contributed by atoms with Gasteiger partial charge in [0.2, 0.25) is 5.91 Å². The summed E-state index contributed by atoms with van der Waals surface area (Å²) >= 11 is 1.66. The van der Waals surface area contributed by atoms with E-state index in [4.69, 9.17) is 5.73 Å². The van der Waals surface area contributed by atoms with Gasteiger partial charge in [0.25, 0.3) is 0 Å². The van der Waals surface area contributed by atoms with Crippen molar-refractivity contribution in [1.29, 1.82) is 0 Å². The van der Waals surface area contributed by atoms with Crippen LogP contribution < -0.4 is 11.1 Å². The molecule has 3 N–H and O–H groups in total. The molecule has 5 nitrogen and oxygen atoms in total. The number of amides is 1. The maximum Gasteiger partial charge on any atom is 0.242 e. The summed E-state index contributed by atoms with van der Waals surface area (Å²) in [7, 11) is 0. The SMILES string of the molecule is CSc1ccc(C(Cc2ccncc2)(NCc2cccnc2)C(N)=O)cc1. The van der Waals surface area contributed by atoms with Crippen molar-refractivity contribution in [3.63, 3.8) is 0 Å². The first kappa shape index (κ1) is 19.1. The van der Waals surface area contributed by atoms with Crippen molar-refractivity contribution >= 4 is 17.7 Å². The first-order chi connectivity index (χ1) is 13.1. The zero-order valence-corrected chi connectivity index (χ0v) is 15.9. The highest BCUT2D eigenvalue weighted by atomic mass is 32.2. The quantitative estimate of drug-likeness (QED) is 0.589. The maximum absolute atomic E-state index is 12.7. The van der Waals surface area contributed by atoms with E-state index in [1.165, 1.54) is 0 Å². The Kier molecular flexibility index (Phi) is 6.21. The fraction of sp³-hybridized carbons (Fsp3) is 0.190. The van der Waals surface area contributed by atoms with Crippen molar-refractivity contribution in [2.45, 2.75) is 23.4 Å². The van der Waals surface area contributed by atoms with Crippen molar-refractivity contribution in [3.8, 4) is 0 Å². The fourth-order valence-corrected chi connectivity index (χ4v) is 3.43. The number of benzene rings is 1. The number of nitrogens with two attached hydrogens (primary N) is 1. The Morgan fingerprint density at radius 2 is 1.78 bits per heavy atom. The lowest BCUT2D eigenvalue weighted by Crippen LogP contribution is -2.54. The van der Waals surface area contributed by atoms with Crippen molar-refractivity contribution in [2.24, 2.45) is 5.73 Å². The number of hydrogen-bond donors (Lipinski definition) is 2. The van der Waals surface area contributed by atoms with Gasteiger partial charge in [-0.1, -0.05) is 18.2 Å². The van der Waals surface area contributed by atoms with Crippen molar-refractivity contribution < 1.29 is 4.79 Å². The van der Waals surface area contributed by atoms with E-state index in [2.05, 4.69) is 15.3 Å². The number of thioether (sulfide) groups is 1. The van der Waals surface area contributed by atoms with Gasteiger partial charge in [-0.05, 0) is 53.3 Å². The van der Waals surface area contributed by atoms with E-state index in [0.29, 0.717) is 13.0 Å². The van der Waals surface area contributed by atoms with E-state index < -0.39 is 11.4 Å². The molecule has 0 saturated carbocycles. The number of pyridine rings is 2. The second kappa shape index (κ2) is 8.79. The first-order valence-electron chi connectivity index (χ1n) is 8.61. The minimum Gasteiger partial charge on any atom is -0.368 e. The number of aromatic nitrogens is 2. The molecule has 1 unspecified atom stereocenters. The molecule has 2 heterocycles. The van der Waals surface area contributed by atoms with Gasteiger partial charge in [0.15, 0.2) is 0 Å². The lowest BCUT2D eigenvalue weighted by atomic mass is 9.83. The van der Waals surface area contributed by atoms with Gasteiger partial charge >= 0.3 is 0 Å². The van der Waals surface area contributed by atoms with E-state index in [-0.39, 0.29) is 0 Å². The highest BCUT2D eigenvalue weighted by Crippen LogP contribution is 2.28. The van der Waals surface area contributed by atoms with Gasteiger partial charge in [0.05, 0.1) is 0 Å². The summed E-state index contributed by atoms with van der Waals surface area (Å²) in [4.78, 5) is 22.1. The van der Waals surface area contributed by atoms with Crippen LogP contribution in [-0.4, -0.2) is 22.1 Å². The zero-order chi connectivity index (χ0) is 19.1. The predicted octanol–water partition coefficient (Wildman–Crippen LogP) is 2.91. The Labute approximate surface area is 163 Å². The molecule has 0 radical (unpaired) electrons. The highest BCUT2D eigenvalue weighted by Gasteiger charge is 2.38. The van der Waals surface area contributed by atoms with Gasteiger partial charge in [-0.15, -0.1) is 11.8 Å². The maximum atomic E-state index is 12.7. The van der Waals surface area contributed by atoms with Crippen LogP contribution in [0.25, 0.3) is 0 Å². The van der Waals surface area contributed by atoms with Crippen molar-refractivity contribution in [3.05, 3.63) is 90.0 Å². The van der Waals surface area contributed by atoms with Crippen LogP contribution in [0.15, 0.2) is 78.2 Å². The third-order valence-corrected chi connectivity index (χ3v) is 5.28. The number of carbonyl (C=O) groups excluding carboxylic acids is 1. The first-order valence-corrected chi connectivity index (χ1v) is 9.84. The number of rotatable bonds is 8. The normalized spacial score (nSPS) is 13.1. The molecule has 3 aromatic rings. The molecule has 0 spiro atoms. The summed E-state index contributed by atoms with van der Waals surface area (Å²) in [5.41, 5.74) is 7.72. The molecule has 0 aliphatic heterocycles. The molecular weight excluding hydrogens is 356 g/mol. The Hall–Kier alpha value is -2.70. The Morgan fingerprint density at radius 3 is 2.37 bits per heavy atom. The van der Waals surface area contributed by atoms with Gasteiger partial charge < -0.3 is 5.73 Å². The monoisotopic (exact) mass is 378 g/mol. The Balaban J connectivity index is 1.99. The molecule has 1 atom stereocenters. The summed E-state index contributed by atoms with van der Waals surface area (Å²) in [5.74, 6) is -0.417. The number of hydrogen-bond acceptors (Lipinski definition) is 5. The smallest absolute Gasteiger partial charge is 0.242 e. The van der Waals surface area contributed by atoms with Gasteiger partial charge in [0.1, 0.15) is 5.54 Å². The molecule has 6 heteroatoms. The second-order valence-corrected chi connectivity index (χ2v) is 7.12. The molecule has 1 amide bonds. The second-order valence-electron chi connectivity index (χ2n) is 6.25. The van der Waals surface area contributed by atoms with Gasteiger partial charge in [-0.2, -0.15) is 0 Å². The molecule has 27 heavy (non-hydrogen) atoms. The largest absolute Gasteiger partial charge is 0.368 e. The fourth-order valence-electron chi connectivity index (χ4n) is 3.02. The van der Waals surface area contributed by atoms with Crippen molar-refractivity contribution in [2.75, 3.05) is 6.26 Å². The molecule has 3 rings (SSSR count). The van der Waals surface area contributed by atoms with E-state index >= 15 is 0 Å². The molecule has 0 aliphatic carbocycles. The van der Waals surface area contributed by atoms with Crippen LogP contribution in [0.4, 0.5) is 0 Å². The molecule has 1 aromatic carbocycles. The molecule has 0 aliphatic rings. The highest BCUT2D eigenvalue weighted by molar-refractivity contribution is 7.98. The Bertz CT molecular complexity index is 872. The molecule has 0 saturated heterocycles. The van der Waals surface area contributed by atoms with E-state index in [9.17, 15) is 4.79 Å². The molecule has 2 aromatic heterocycles. The zero-order valence-electron chi connectivity index (χ0n) is 15.1. The third kappa shape index (κ3) is 4.53. The number of carbonyl (C=O) groups is 1. The summed E-state index contributed by atoms with van der Waals surface area (Å²) < 4.78 is 0. The van der Waals surface area contributed by atoms with Crippen LogP contribution in [0.3, 0.4) is 0 Å². The number of nitrogens with one attached hydrogen (secondary N) is 1. The minimum absolute atomic E-state index is 0.417. The summed E-state index contributed by atoms with van der Waals surface area (Å²) in [6, 6.07) is 15.6. The minimum atomic E-state index is -1.03. The average molecular weight is 379 g/mol. The summed E-state index contributed by atoms with van der Waals surface area (Å²) in [6.07, 6.45) is 9.40. The lowest BCUT2D eigenvalue weighted by molar-refractivity contribution is -0.125. The lowest BCUT2D eigenvalue weighted by Gasteiger charge is -2.33. The summed E-state index contributed by atoms with van der Waals surface area (Å²) in [5, 5.41) is 3.41. The predicted molar refractivity (Wildman–Crippen MR) is 108 cm³/mol. The van der Waals surface area contributed by atoms with Crippen LogP contribution in [0.5, 0.6) is 0 Å². The van der Waals surface area contributed by atoms with Crippen LogP contribution in [0.1, 0.15) is 16.7 Å². The molecule has 138 valence electrons. The van der Waals surface area contributed by atoms with Crippen LogP contribution in [-0.2, 0) is 23.3 Å². The Morgan fingerprint density at radius 1 is 1.04 bits per heavy atom. The summed E-state index contributed by atoms with van der Waals surface area (Å²) in [6.45, 7) is 0.478.